The molecule has 1 aromatic heterocycles. The third kappa shape index (κ3) is 7.17. The molecule has 3 rings (SSSR count). The maximum Gasteiger partial charge on any atom is 0.322 e. The first-order chi connectivity index (χ1) is 16.4. The van der Waals surface area contributed by atoms with Crippen molar-refractivity contribution in [2.75, 3.05) is 32.1 Å². The van der Waals surface area contributed by atoms with Crippen LogP contribution in [-0.4, -0.2) is 48.5 Å². The van der Waals surface area contributed by atoms with Crippen LogP contribution >= 0.6 is 11.3 Å². The Balaban J connectivity index is 1.77. The number of urea groups is 1. The zero-order valence-corrected chi connectivity index (χ0v) is 21.2. The lowest BCUT2D eigenvalue weighted by Crippen LogP contribution is -2.45. The molecule has 3 amide bonds. The first kappa shape index (κ1) is 25.5. The molecule has 0 aliphatic carbocycles. The minimum Gasteiger partial charge on any atom is -0.383 e. The van der Waals surface area contributed by atoms with Gasteiger partial charge in [-0.25, -0.2) is 4.79 Å². The van der Waals surface area contributed by atoms with Crippen LogP contribution in [0.1, 0.15) is 26.4 Å². The van der Waals surface area contributed by atoms with E-state index in [0.29, 0.717) is 26.2 Å². The van der Waals surface area contributed by atoms with E-state index in [1.54, 1.807) is 18.4 Å². The molecule has 0 spiro atoms. The van der Waals surface area contributed by atoms with Gasteiger partial charge >= 0.3 is 6.03 Å². The van der Waals surface area contributed by atoms with Crippen molar-refractivity contribution < 1.29 is 14.3 Å². The molecule has 0 atom stereocenters. The van der Waals surface area contributed by atoms with Gasteiger partial charge in [0.1, 0.15) is 6.54 Å². The van der Waals surface area contributed by atoms with E-state index in [9.17, 15) is 9.59 Å². The predicted molar refractivity (Wildman–Crippen MR) is 138 cm³/mol. The number of amides is 3. The van der Waals surface area contributed by atoms with E-state index in [-0.39, 0.29) is 18.5 Å². The molecule has 1 heterocycles. The fourth-order valence-corrected chi connectivity index (χ4v) is 4.50. The summed E-state index contributed by atoms with van der Waals surface area (Å²) >= 11 is 1.68. The number of hydrogen-bond acceptors (Lipinski definition) is 4. The van der Waals surface area contributed by atoms with Crippen LogP contribution in [0.3, 0.4) is 0 Å². The topological polar surface area (TPSA) is 61.9 Å². The van der Waals surface area contributed by atoms with Crippen LogP contribution in [-0.2, 0) is 22.6 Å². The van der Waals surface area contributed by atoms with E-state index in [0.717, 1.165) is 27.3 Å². The number of nitrogens with zero attached hydrogens (tertiary/aromatic N) is 2. The molecule has 0 bridgehead atoms. The smallest absolute Gasteiger partial charge is 0.322 e. The molecule has 34 heavy (non-hydrogen) atoms. The Labute approximate surface area is 206 Å². The quantitative estimate of drug-likeness (QED) is 0.425. The van der Waals surface area contributed by atoms with Crippen LogP contribution < -0.4 is 5.32 Å². The molecule has 0 saturated heterocycles. The summed E-state index contributed by atoms with van der Waals surface area (Å²) in [6, 6.07) is 19.5. The number of carbonyl (C=O) groups excluding carboxylic acids is 2. The Morgan fingerprint density at radius 2 is 1.68 bits per heavy atom. The molecule has 0 saturated carbocycles. The molecule has 7 heteroatoms. The Hall–Kier alpha value is -3.16. The molecule has 0 aliphatic heterocycles. The van der Waals surface area contributed by atoms with Crippen molar-refractivity contribution in [3.05, 3.63) is 87.1 Å². The molecule has 0 fully saturated rings. The van der Waals surface area contributed by atoms with Crippen molar-refractivity contribution in [2.45, 2.75) is 33.9 Å². The van der Waals surface area contributed by atoms with E-state index < -0.39 is 0 Å². The predicted octanol–water partition coefficient (Wildman–Crippen LogP) is 5.38. The molecule has 0 radical (unpaired) electrons. The lowest BCUT2D eigenvalue weighted by Gasteiger charge is -2.28. The standard InChI is InChI=1S/C27H33N3O3S/c1-20-9-8-12-25(22(20)3)28-27(32)29(15-16-33-4)19-26(31)30(17-23-10-6-5-7-11-23)18-24-14-13-21(2)34-24/h5-14H,15-19H2,1-4H3,(H,28,32). The lowest BCUT2D eigenvalue weighted by atomic mass is 10.1. The lowest BCUT2D eigenvalue weighted by molar-refractivity contribution is -0.133. The van der Waals surface area contributed by atoms with Gasteiger partial charge in [-0.05, 0) is 55.7 Å². The second kappa shape index (κ2) is 12.3. The number of nitrogens with one attached hydrogen (secondary N) is 1. The second-order valence-electron chi connectivity index (χ2n) is 8.34. The van der Waals surface area contributed by atoms with Crippen LogP contribution in [0.4, 0.5) is 10.5 Å². The van der Waals surface area contributed by atoms with E-state index in [2.05, 4.69) is 24.4 Å². The fraction of sp³-hybridized carbons (Fsp3) is 0.333. The molecule has 180 valence electrons. The number of anilines is 1. The average Bonchev–Trinajstić information content (AvgIpc) is 3.24. The zero-order chi connectivity index (χ0) is 24.5. The highest BCUT2D eigenvalue weighted by molar-refractivity contribution is 7.11. The minimum absolute atomic E-state index is 0.0305. The van der Waals surface area contributed by atoms with Crippen LogP contribution in [0.25, 0.3) is 0 Å². The summed E-state index contributed by atoms with van der Waals surface area (Å²) in [5.41, 5.74) is 3.90. The molecular weight excluding hydrogens is 446 g/mol. The molecule has 6 nitrogen and oxygen atoms in total. The van der Waals surface area contributed by atoms with Crippen molar-refractivity contribution >= 4 is 29.0 Å². The summed E-state index contributed by atoms with van der Waals surface area (Å²) in [6.45, 7) is 7.65. The van der Waals surface area contributed by atoms with Gasteiger partial charge in [0.15, 0.2) is 0 Å². The van der Waals surface area contributed by atoms with E-state index >= 15 is 0 Å². The van der Waals surface area contributed by atoms with Gasteiger partial charge < -0.3 is 19.9 Å². The van der Waals surface area contributed by atoms with Gasteiger partial charge in [0.25, 0.3) is 0 Å². The summed E-state index contributed by atoms with van der Waals surface area (Å²) in [4.78, 5) is 32.3. The monoisotopic (exact) mass is 479 g/mol. The minimum atomic E-state index is -0.314. The third-order valence-electron chi connectivity index (χ3n) is 5.74. The largest absolute Gasteiger partial charge is 0.383 e. The van der Waals surface area contributed by atoms with Crippen molar-refractivity contribution in [1.29, 1.82) is 0 Å². The number of rotatable bonds is 10. The first-order valence-corrected chi connectivity index (χ1v) is 12.2. The highest BCUT2D eigenvalue weighted by Crippen LogP contribution is 2.20. The third-order valence-corrected chi connectivity index (χ3v) is 6.72. The van der Waals surface area contributed by atoms with Crippen molar-refractivity contribution in [1.82, 2.24) is 9.80 Å². The Morgan fingerprint density at radius 1 is 0.912 bits per heavy atom. The number of benzene rings is 2. The van der Waals surface area contributed by atoms with Gasteiger partial charge in [0.2, 0.25) is 5.91 Å². The van der Waals surface area contributed by atoms with Crippen molar-refractivity contribution in [3.8, 4) is 0 Å². The van der Waals surface area contributed by atoms with Gasteiger partial charge in [0, 0.05) is 35.6 Å². The molecule has 0 aliphatic rings. The Morgan fingerprint density at radius 3 is 2.35 bits per heavy atom. The molecule has 2 aromatic carbocycles. The molecule has 3 aromatic rings. The average molecular weight is 480 g/mol. The number of aryl methyl sites for hydroxylation is 2. The van der Waals surface area contributed by atoms with Gasteiger partial charge in [-0.15, -0.1) is 11.3 Å². The number of hydrogen-bond donors (Lipinski definition) is 1. The number of thiophene rings is 1. The SMILES string of the molecule is COCCN(CC(=O)N(Cc1ccccc1)Cc1ccc(C)s1)C(=O)Nc1cccc(C)c1C. The Bertz CT molecular complexity index is 1100. The summed E-state index contributed by atoms with van der Waals surface area (Å²) in [5, 5.41) is 2.97. The maximum atomic E-state index is 13.5. The first-order valence-electron chi connectivity index (χ1n) is 11.4. The maximum absolute atomic E-state index is 13.5. The van der Waals surface area contributed by atoms with Gasteiger partial charge in [-0.1, -0.05) is 42.5 Å². The summed E-state index contributed by atoms with van der Waals surface area (Å²) in [7, 11) is 1.59. The molecule has 1 N–H and O–H groups in total. The summed E-state index contributed by atoms with van der Waals surface area (Å²) < 4.78 is 5.21. The number of methoxy groups -OCH3 is 1. The van der Waals surface area contributed by atoms with E-state index in [4.69, 9.17) is 4.74 Å². The highest BCUT2D eigenvalue weighted by atomic mass is 32.1. The van der Waals surface area contributed by atoms with Crippen LogP contribution in [0.2, 0.25) is 0 Å². The summed E-state index contributed by atoms with van der Waals surface area (Å²) in [6.07, 6.45) is 0. The van der Waals surface area contributed by atoms with Gasteiger partial charge in [0.05, 0.1) is 13.2 Å². The number of ether oxygens (including phenoxy) is 1. The normalized spacial score (nSPS) is 10.7. The molecular formula is C27H33N3O3S. The van der Waals surface area contributed by atoms with Crippen LogP contribution in [0.15, 0.2) is 60.7 Å². The van der Waals surface area contributed by atoms with E-state index in [1.165, 1.54) is 9.78 Å². The zero-order valence-electron chi connectivity index (χ0n) is 20.3. The highest BCUT2D eigenvalue weighted by Gasteiger charge is 2.23. The van der Waals surface area contributed by atoms with Crippen LogP contribution in [0, 0.1) is 20.8 Å². The van der Waals surface area contributed by atoms with Crippen LogP contribution in [0.5, 0.6) is 0 Å². The molecule has 0 unspecified atom stereocenters. The van der Waals surface area contributed by atoms with Crippen molar-refractivity contribution in [3.63, 3.8) is 0 Å². The van der Waals surface area contributed by atoms with Gasteiger partial charge in [-0.3, -0.25) is 4.79 Å². The van der Waals surface area contributed by atoms with Gasteiger partial charge in [-0.2, -0.15) is 0 Å². The fourth-order valence-electron chi connectivity index (χ4n) is 3.59. The number of carbonyl (C=O) groups is 2. The van der Waals surface area contributed by atoms with Crippen molar-refractivity contribution in [2.24, 2.45) is 0 Å². The van der Waals surface area contributed by atoms with E-state index in [1.807, 2.05) is 67.3 Å². The second-order valence-corrected chi connectivity index (χ2v) is 9.71. The summed E-state index contributed by atoms with van der Waals surface area (Å²) in [5.74, 6) is -0.109. The Kier molecular flexibility index (Phi) is 9.24.